The van der Waals surface area contributed by atoms with Gasteiger partial charge in [-0.1, -0.05) is 39.5 Å². The number of aliphatic hydroxyl groups is 1. The molecule has 0 amide bonds. The minimum atomic E-state index is -1.59. The standard InChI is InChI=1S/C23H40O4Si/c1-21(2,3)28(4,5)27-13-11-9-7-6-8-10-12-22-17-19(24)16-20(22)23(18-22)25-14-15-26-23/h19-20,24H,6-9,11,13-18H2,1-5H3/t19-,20?,22?/m0/s1. The molecule has 1 aliphatic heterocycles. The number of fused-ring (bicyclic) bond motifs is 2. The minimum absolute atomic E-state index is 0.0687. The number of rotatable bonds is 7. The van der Waals surface area contributed by atoms with E-state index in [0.29, 0.717) is 18.3 Å². The van der Waals surface area contributed by atoms with Crippen molar-refractivity contribution in [2.75, 3.05) is 19.8 Å². The lowest BCUT2D eigenvalue weighted by atomic mass is 9.58. The maximum Gasteiger partial charge on any atom is 0.191 e. The summed E-state index contributed by atoms with van der Waals surface area (Å²) in [5.74, 6) is 6.75. The van der Waals surface area contributed by atoms with Gasteiger partial charge in [-0.15, -0.1) is 5.92 Å². The van der Waals surface area contributed by atoms with Gasteiger partial charge in [0.1, 0.15) is 0 Å². The maximum atomic E-state index is 10.2. The molecule has 0 radical (unpaired) electrons. The zero-order valence-electron chi connectivity index (χ0n) is 18.6. The molecule has 2 unspecified atom stereocenters. The summed E-state index contributed by atoms with van der Waals surface area (Å²) >= 11 is 0. The van der Waals surface area contributed by atoms with Crippen LogP contribution in [0.25, 0.3) is 0 Å². The van der Waals surface area contributed by atoms with Gasteiger partial charge in [-0.3, -0.25) is 0 Å². The van der Waals surface area contributed by atoms with E-state index in [1.165, 1.54) is 12.8 Å². The molecule has 28 heavy (non-hydrogen) atoms. The molecule has 2 saturated carbocycles. The van der Waals surface area contributed by atoms with Crippen molar-refractivity contribution in [2.45, 2.75) is 102 Å². The molecule has 0 aromatic carbocycles. The smallest absolute Gasteiger partial charge is 0.191 e. The number of ether oxygens (including phenoxy) is 2. The van der Waals surface area contributed by atoms with Crippen LogP contribution < -0.4 is 0 Å². The molecule has 1 N–H and O–H groups in total. The van der Waals surface area contributed by atoms with Crippen molar-refractivity contribution in [3.63, 3.8) is 0 Å². The molecule has 1 saturated heterocycles. The normalized spacial score (nSPS) is 31.4. The summed E-state index contributed by atoms with van der Waals surface area (Å²) in [6, 6.07) is 0. The van der Waals surface area contributed by atoms with Gasteiger partial charge in [-0.05, 0) is 43.8 Å². The third kappa shape index (κ3) is 4.52. The van der Waals surface area contributed by atoms with E-state index in [9.17, 15) is 5.11 Å². The van der Waals surface area contributed by atoms with Gasteiger partial charge < -0.3 is 19.0 Å². The first-order chi connectivity index (χ1) is 13.1. The van der Waals surface area contributed by atoms with Gasteiger partial charge in [0.2, 0.25) is 0 Å². The van der Waals surface area contributed by atoms with E-state index in [0.717, 1.165) is 45.1 Å². The first-order valence-electron chi connectivity index (χ1n) is 11.2. The van der Waals surface area contributed by atoms with Crippen LogP contribution in [0.2, 0.25) is 18.1 Å². The van der Waals surface area contributed by atoms with Crippen LogP contribution >= 0.6 is 0 Å². The third-order valence-electron chi connectivity index (χ3n) is 7.45. The Balaban J connectivity index is 1.33. The summed E-state index contributed by atoms with van der Waals surface area (Å²) in [5.41, 5.74) is -0.0687. The molecule has 3 fully saturated rings. The van der Waals surface area contributed by atoms with Crippen LogP contribution in [0.4, 0.5) is 0 Å². The zero-order valence-corrected chi connectivity index (χ0v) is 19.6. The second-order valence-electron chi connectivity index (χ2n) is 10.6. The van der Waals surface area contributed by atoms with E-state index in [4.69, 9.17) is 13.9 Å². The lowest BCUT2D eigenvalue weighted by molar-refractivity contribution is -0.286. The molecule has 1 heterocycles. The summed E-state index contributed by atoms with van der Waals surface area (Å²) in [7, 11) is -1.59. The monoisotopic (exact) mass is 408 g/mol. The first kappa shape index (κ1) is 22.3. The molecular weight excluding hydrogens is 368 g/mol. The van der Waals surface area contributed by atoms with Gasteiger partial charge in [0.15, 0.2) is 14.1 Å². The van der Waals surface area contributed by atoms with Crippen LogP contribution in [0.1, 0.15) is 72.1 Å². The quantitative estimate of drug-likeness (QED) is 0.371. The molecule has 0 aromatic heterocycles. The van der Waals surface area contributed by atoms with E-state index in [1.807, 2.05) is 0 Å². The molecule has 0 bridgehead atoms. The van der Waals surface area contributed by atoms with Crippen molar-refractivity contribution in [1.82, 2.24) is 0 Å². The van der Waals surface area contributed by atoms with E-state index in [2.05, 4.69) is 45.7 Å². The summed E-state index contributed by atoms with van der Waals surface area (Å²) in [4.78, 5) is 0. The maximum absolute atomic E-state index is 10.2. The molecule has 160 valence electrons. The highest BCUT2D eigenvalue weighted by molar-refractivity contribution is 6.74. The van der Waals surface area contributed by atoms with E-state index in [1.54, 1.807) is 0 Å². The highest BCUT2D eigenvalue weighted by atomic mass is 28.4. The van der Waals surface area contributed by atoms with Gasteiger partial charge in [-0.2, -0.15) is 0 Å². The molecule has 4 nitrogen and oxygen atoms in total. The summed E-state index contributed by atoms with van der Waals surface area (Å²) in [6.45, 7) is 13.8. The molecule has 1 spiro atoms. The van der Waals surface area contributed by atoms with Gasteiger partial charge >= 0.3 is 0 Å². The van der Waals surface area contributed by atoms with Crippen molar-refractivity contribution < 1.29 is 19.0 Å². The second kappa shape index (κ2) is 8.39. The predicted octanol–water partition coefficient (Wildman–Crippen LogP) is 4.87. The largest absolute Gasteiger partial charge is 0.417 e. The van der Waals surface area contributed by atoms with Gasteiger partial charge in [0.25, 0.3) is 0 Å². The summed E-state index contributed by atoms with van der Waals surface area (Å²) < 4.78 is 18.0. The Kier molecular flexibility index (Phi) is 6.69. The molecule has 3 aliphatic rings. The topological polar surface area (TPSA) is 47.9 Å². The van der Waals surface area contributed by atoms with Crippen LogP contribution in [0, 0.1) is 23.2 Å². The zero-order chi connectivity index (χ0) is 20.5. The molecule has 5 heteroatoms. The van der Waals surface area contributed by atoms with E-state index in [-0.39, 0.29) is 17.4 Å². The highest BCUT2D eigenvalue weighted by Gasteiger charge is 2.69. The minimum Gasteiger partial charge on any atom is -0.417 e. The van der Waals surface area contributed by atoms with Crippen molar-refractivity contribution in [3.8, 4) is 11.8 Å². The molecule has 0 aromatic rings. The van der Waals surface area contributed by atoms with Crippen molar-refractivity contribution in [3.05, 3.63) is 0 Å². The van der Waals surface area contributed by atoms with Crippen LogP contribution in [-0.4, -0.2) is 45.1 Å². The number of hydrogen-bond acceptors (Lipinski definition) is 4. The molecule has 2 aliphatic carbocycles. The fourth-order valence-electron chi connectivity index (χ4n) is 4.78. The third-order valence-corrected chi connectivity index (χ3v) is 12.0. The van der Waals surface area contributed by atoms with Crippen LogP contribution in [0.5, 0.6) is 0 Å². The Morgan fingerprint density at radius 3 is 2.46 bits per heavy atom. The lowest BCUT2D eigenvalue weighted by Gasteiger charge is -2.53. The van der Waals surface area contributed by atoms with Crippen LogP contribution in [-0.2, 0) is 13.9 Å². The predicted molar refractivity (Wildman–Crippen MR) is 114 cm³/mol. The van der Waals surface area contributed by atoms with Crippen LogP contribution in [0.15, 0.2) is 0 Å². The first-order valence-corrected chi connectivity index (χ1v) is 14.1. The second-order valence-corrected chi connectivity index (χ2v) is 15.4. The Morgan fingerprint density at radius 1 is 1.11 bits per heavy atom. The van der Waals surface area contributed by atoms with Crippen molar-refractivity contribution in [2.24, 2.45) is 11.3 Å². The molecular formula is C23H40O4Si. The molecule has 3 atom stereocenters. The Bertz CT molecular complexity index is 594. The van der Waals surface area contributed by atoms with Gasteiger partial charge in [0.05, 0.1) is 19.3 Å². The van der Waals surface area contributed by atoms with Crippen molar-refractivity contribution in [1.29, 1.82) is 0 Å². The number of hydrogen-bond donors (Lipinski definition) is 1. The number of aliphatic hydroxyl groups excluding tert-OH is 1. The summed E-state index contributed by atoms with van der Waals surface area (Å²) in [6.07, 6.45) is 7.80. The average molecular weight is 409 g/mol. The fraction of sp³-hybridized carbons (Fsp3) is 0.913. The Morgan fingerprint density at radius 2 is 1.79 bits per heavy atom. The Hall–Kier alpha value is -0.383. The Labute approximate surface area is 172 Å². The molecule has 3 rings (SSSR count). The number of unbranched alkanes of at least 4 members (excludes halogenated alkanes) is 4. The van der Waals surface area contributed by atoms with Crippen molar-refractivity contribution >= 4 is 8.32 Å². The average Bonchev–Trinajstić information content (AvgIpc) is 3.16. The highest BCUT2D eigenvalue weighted by Crippen LogP contribution is 2.65. The SMILES string of the molecule is CC(C)(C)[Si](C)(C)OCCCCCCC#CC12C[C@@H](O)CC1C1(C2)OCCO1. The van der Waals surface area contributed by atoms with Gasteiger partial charge in [0, 0.05) is 30.8 Å². The fourth-order valence-corrected chi connectivity index (χ4v) is 5.87. The van der Waals surface area contributed by atoms with Crippen LogP contribution in [0.3, 0.4) is 0 Å². The van der Waals surface area contributed by atoms with Gasteiger partial charge in [-0.25, -0.2) is 0 Å². The lowest BCUT2D eigenvalue weighted by Crippen LogP contribution is -2.59. The van der Waals surface area contributed by atoms with E-state index < -0.39 is 14.1 Å². The summed E-state index contributed by atoms with van der Waals surface area (Å²) in [5, 5.41) is 10.5. The van der Waals surface area contributed by atoms with E-state index >= 15 is 0 Å².